The Morgan fingerprint density at radius 3 is 2.84 bits per heavy atom. The van der Waals surface area contributed by atoms with Crippen molar-refractivity contribution >= 4 is 11.3 Å². The van der Waals surface area contributed by atoms with Gasteiger partial charge in [0.05, 0.1) is 12.0 Å². The first kappa shape index (κ1) is 15.5. The molecule has 0 aliphatic heterocycles. The van der Waals surface area contributed by atoms with E-state index >= 15 is 0 Å². The maximum absolute atomic E-state index is 5.73. The number of methoxy groups -OCH3 is 1. The van der Waals surface area contributed by atoms with Crippen molar-refractivity contribution in [1.29, 1.82) is 0 Å². The molecule has 3 aromatic heterocycles. The molecule has 0 saturated heterocycles. The molecule has 0 N–H and O–H groups in total. The Morgan fingerprint density at radius 1 is 1.08 bits per heavy atom. The van der Waals surface area contributed by atoms with Crippen LogP contribution >= 0.6 is 11.3 Å². The molecule has 0 saturated carbocycles. The Hall–Kier alpha value is -3.06. The molecule has 7 heteroatoms. The topological polar surface area (TPSA) is 70.5 Å². The fraction of sp³-hybridized carbons (Fsp3) is 0.111. The Labute approximate surface area is 147 Å². The van der Waals surface area contributed by atoms with Crippen LogP contribution in [0, 0.1) is 0 Å². The fourth-order valence-electron chi connectivity index (χ4n) is 2.25. The molecule has 0 spiro atoms. The maximum atomic E-state index is 5.73. The van der Waals surface area contributed by atoms with Crippen molar-refractivity contribution in [2.75, 3.05) is 7.11 Å². The van der Waals surface area contributed by atoms with Crippen molar-refractivity contribution in [3.8, 4) is 33.9 Å². The molecule has 0 radical (unpaired) electrons. The van der Waals surface area contributed by atoms with Crippen LogP contribution in [-0.2, 0) is 6.61 Å². The number of hydrogen-bond acceptors (Lipinski definition) is 7. The lowest BCUT2D eigenvalue weighted by atomic mass is 10.3. The molecule has 4 aromatic rings. The zero-order valence-electron chi connectivity index (χ0n) is 13.3. The lowest BCUT2D eigenvalue weighted by Gasteiger charge is -2.05. The summed E-state index contributed by atoms with van der Waals surface area (Å²) in [5.74, 6) is 3.51. The van der Waals surface area contributed by atoms with Gasteiger partial charge < -0.3 is 18.4 Å². The van der Waals surface area contributed by atoms with Gasteiger partial charge in [0.25, 0.3) is 5.89 Å². The quantitative estimate of drug-likeness (QED) is 0.502. The summed E-state index contributed by atoms with van der Waals surface area (Å²) in [6.45, 7) is 0.291. The van der Waals surface area contributed by atoms with Crippen molar-refractivity contribution in [3.63, 3.8) is 0 Å². The van der Waals surface area contributed by atoms with Gasteiger partial charge in [-0.15, -0.1) is 11.3 Å². The molecule has 0 atom stereocenters. The molecule has 0 aliphatic carbocycles. The molecular weight excluding hydrogens is 340 g/mol. The van der Waals surface area contributed by atoms with Gasteiger partial charge in [-0.25, -0.2) is 0 Å². The molecule has 6 nitrogen and oxygen atoms in total. The van der Waals surface area contributed by atoms with Gasteiger partial charge in [0.2, 0.25) is 5.82 Å². The van der Waals surface area contributed by atoms with Crippen molar-refractivity contribution in [2.24, 2.45) is 0 Å². The number of nitrogens with zero attached hydrogens (tertiary/aromatic N) is 2. The predicted octanol–water partition coefficient (Wildman–Crippen LogP) is 4.65. The Balaban J connectivity index is 1.45. The highest BCUT2D eigenvalue weighted by molar-refractivity contribution is 7.13. The van der Waals surface area contributed by atoms with E-state index in [2.05, 4.69) is 10.1 Å². The summed E-state index contributed by atoms with van der Waals surface area (Å²) < 4.78 is 21.9. The van der Waals surface area contributed by atoms with Gasteiger partial charge in [-0.3, -0.25) is 0 Å². The van der Waals surface area contributed by atoms with Crippen LogP contribution in [0.4, 0.5) is 0 Å². The number of rotatable bonds is 6. The normalized spacial score (nSPS) is 10.8. The van der Waals surface area contributed by atoms with E-state index in [0.29, 0.717) is 35.6 Å². The molecule has 126 valence electrons. The summed E-state index contributed by atoms with van der Waals surface area (Å²) in [4.78, 5) is 5.31. The second-order valence-electron chi connectivity index (χ2n) is 5.13. The average Bonchev–Trinajstić information content (AvgIpc) is 3.40. The number of benzene rings is 1. The van der Waals surface area contributed by atoms with Crippen molar-refractivity contribution in [3.05, 3.63) is 59.7 Å². The molecule has 25 heavy (non-hydrogen) atoms. The number of thiophene rings is 1. The van der Waals surface area contributed by atoms with Gasteiger partial charge in [0.1, 0.15) is 23.9 Å². The number of hydrogen-bond donors (Lipinski definition) is 0. The summed E-state index contributed by atoms with van der Waals surface area (Å²) in [6.07, 6.45) is 0. The number of ether oxygens (including phenoxy) is 2. The first-order valence-corrected chi connectivity index (χ1v) is 8.43. The lowest BCUT2D eigenvalue weighted by Crippen LogP contribution is -1.94. The van der Waals surface area contributed by atoms with E-state index in [4.69, 9.17) is 18.4 Å². The molecule has 0 aliphatic rings. The van der Waals surface area contributed by atoms with Crippen LogP contribution in [0.2, 0.25) is 0 Å². The maximum Gasteiger partial charge on any atom is 0.293 e. The van der Waals surface area contributed by atoms with Crippen molar-refractivity contribution < 1.29 is 18.4 Å². The van der Waals surface area contributed by atoms with E-state index in [9.17, 15) is 0 Å². The summed E-state index contributed by atoms with van der Waals surface area (Å²) in [7, 11) is 1.62. The largest absolute Gasteiger partial charge is 0.497 e. The zero-order valence-corrected chi connectivity index (χ0v) is 14.2. The summed E-state index contributed by atoms with van der Waals surface area (Å²) in [5, 5.41) is 5.94. The minimum absolute atomic E-state index is 0.291. The standard InChI is InChI=1S/C18H14N2O4S/c1-21-12-4-2-5-13(10-12)22-11-14-7-8-15(23-14)18-19-17(20-24-18)16-6-3-9-25-16/h2-10H,11H2,1H3. The third kappa shape index (κ3) is 3.41. The monoisotopic (exact) mass is 354 g/mol. The van der Waals surface area contributed by atoms with Crippen LogP contribution in [-0.4, -0.2) is 17.3 Å². The smallest absolute Gasteiger partial charge is 0.293 e. The second-order valence-corrected chi connectivity index (χ2v) is 6.08. The molecule has 0 unspecified atom stereocenters. The Kier molecular flexibility index (Phi) is 4.22. The van der Waals surface area contributed by atoms with Gasteiger partial charge in [-0.1, -0.05) is 17.3 Å². The first-order valence-electron chi connectivity index (χ1n) is 7.55. The third-order valence-corrected chi connectivity index (χ3v) is 4.33. The highest BCUT2D eigenvalue weighted by Gasteiger charge is 2.15. The molecule has 0 bridgehead atoms. The van der Waals surface area contributed by atoms with Crippen LogP contribution < -0.4 is 9.47 Å². The SMILES string of the molecule is COc1cccc(OCc2ccc(-c3nc(-c4cccs4)no3)o2)c1. The highest BCUT2D eigenvalue weighted by atomic mass is 32.1. The molecule has 0 fully saturated rings. The van der Waals surface area contributed by atoms with E-state index < -0.39 is 0 Å². The molecule has 4 rings (SSSR count). The van der Waals surface area contributed by atoms with E-state index in [-0.39, 0.29) is 0 Å². The molecule has 3 heterocycles. The van der Waals surface area contributed by atoms with Gasteiger partial charge in [-0.05, 0) is 35.7 Å². The predicted molar refractivity (Wildman–Crippen MR) is 92.6 cm³/mol. The second kappa shape index (κ2) is 6.82. The number of aromatic nitrogens is 2. The van der Waals surface area contributed by atoms with Gasteiger partial charge >= 0.3 is 0 Å². The van der Waals surface area contributed by atoms with Crippen LogP contribution in [0.15, 0.2) is 62.9 Å². The minimum Gasteiger partial charge on any atom is -0.497 e. The zero-order chi connectivity index (χ0) is 17.1. The van der Waals surface area contributed by atoms with E-state index in [1.807, 2.05) is 47.8 Å². The van der Waals surface area contributed by atoms with Gasteiger partial charge in [0, 0.05) is 6.07 Å². The molecule has 0 amide bonds. The van der Waals surface area contributed by atoms with E-state index in [0.717, 1.165) is 10.6 Å². The highest BCUT2D eigenvalue weighted by Crippen LogP contribution is 2.27. The third-order valence-electron chi connectivity index (χ3n) is 3.46. The van der Waals surface area contributed by atoms with Gasteiger partial charge in [-0.2, -0.15) is 4.98 Å². The summed E-state index contributed by atoms with van der Waals surface area (Å²) >= 11 is 1.55. The lowest BCUT2D eigenvalue weighted by molar-refractivity contribution is 0.269. The van der Waals surface area contributed by atoms with Crippen LogP contribution in [0.5, 0.6) is 11.5 Å². The van der Waals surface area contributed by atoms with E-state index in [1.165, 1.54) is 0 Å². The first-order chi connectivity index (χ1) is 12.3. The molecular formula is C18H14N2O4S. The Morgan fingerprint density at radius 2 is 2.00 bits per heavy atom. The summed E-state index contributed by atoms with van der Waals surface area (Å²) in [6, 6.07) is 14.9. The van der Waals surface area contributed by atoms with Crippen LogP contribution in [0.3, 0.4) is 0 Å². The average molecular weight is 354 g/mol. The fourth-order valence-corrected chi connectivity index (χ4v) is 2.89. The van der Waals surface area contributed by atoms with Crippen molar-refractivity contribution in [1.82, 2.24) is 10.1 Å². The Bertz CT molecular complexity index is 959. The van der Waals surface area contributed by atoms with Gasteiger partial charge in [0.15, 0.2) is 5.76 Å². The molecule has 1 aromatic carbocycles. The van der Waals surface area contributed by atoms with E-state index in [1.54, 1.807) is 24.5 Å². The minimum atomic E-state index is 0.291. The summed E-state index contributed by atoms with van der Waals surface area (Å²) in [5.41, 5.74) is 0. The number of furan rings is 1. The van der Waals surface area contributed by atoms with Crippen LogP contribution in [0.1, 0.15) is 5.76 Å². The van der Waals surface area contributed by atoms with Crippen molar-refractivity contribution in [2.45, 2.75) is 6.61 Å². The van der Waals surface area contributed by atoms with Crippen LogP contribution in [0.25, 0.3) is 22.4 Å².